The number of esters is 1. The van der Waals surface area contributed by atoms with E-state index in [-0.39, 0.29) is 18.1 Å². The first kappa shape index (κ1) is 26.7. The zero-order valence-electron chi connectivity index (χ0n) is 22.7. The van der Waals surface area contributed by atoms with Gasteiger partial charge in [-0.3, -0.25) is 0 Å². The smallest absolute Gasteiger partial charge is 0.408 e. The van der Waals surface area contributed by atoms with E-state index in [1.165, 1.54) is 0 Å². The van der Waals surface area contributed by atoms with Gasteiger partial charge in [0, 0.05) is 6.42 Å². The number of amides is 1. The van der Waals surface area contributed by atoms with Gasteiger partial charge >= 0.3 is 12.1 Å². The summed E-state index contributed by atoms with van der Waals surface area (Å²) in [5.41, 5.74) is 4.95. The van der Waals surface area contributed by atoms with E-state index in [1.54, 1.807) is 0 Å². The molecule has 2 aromatic rings. The lowest BCUT2D eigenvalue weighted by Crippen LogP contribution is -2.41. The normalized spacial score (nSPS) is 21.6. The second-order valence-electron chi connectivity index (χ2n) is 11.6. The van der Waals surface area contributed by atoms with Crippen molar-refractivity contribution in [1.82, 2.24) is 5.32 Å². The summed E-state index contributed by atoms with van der Waals surface area (Å²) in [5, 5.41) is 2.93. The van der Waals surface area contributed by atoms with Gasteiger partial charge in [-0.25, -0.2) is 9.59 Å². The maximum absolute atomic E-state index is 13.7. The molecule has 5 nitrogen and oxygen atoms in total. The Morgan fingerprint density at radius 1 is 1.03 bits per heavy atom. The Bertz CT molecular complexity index is 1190. The summed E-state index contributed by atoms with van der Waals surface area (Å²) in [6.07, 6.45) is 4.33. The fraction of sp³-hybridized carbons (Fsp3) is 0.438. The summed E-state index contributed by atoms with van der Waals surface area (Å²) in [5.74, 6) is 0.349. The Hall–Kier alpha value is -3.34. The molecule has 1 amide bonds. The van der Waals surface area contributed by atoms with Gasteiger partial charge in [-0.2, -0.15) is 0 Å². The van der Waals surface area contributed by atoms with Crippen LogP contribution in [0, 0.1) is 11.8 Å². The minimum Gasteiger partial charge on any atom is -0.458 e. The van der Waals surface area contributed by atoms with Gasteiger partial charge in [0.25, 0.3) is 0 Å². The Morgan fingerprint density at radius 2 is 1.76 bits per heavy atom. The van der Waals surface area contributed by atoms with Crippen molar-refractivity contribution < 1.29 is 19.1 Å². The highest BCUT2D eigenvalue weighted by Crippen LogP contribution is 2.37. The molecule has 1 fully saturated rings. The SMILES string of the molecule is C=C1CC[C@@H](C(C)C)[C@H](OC(=O)C2=C[C@@H](NC(=O)OC(C)(C)C)Cc3ccc(-c4ccccc4)cc32)C1. The summed E-state index contributed by atoms with van der Waals surface area (Å²) in [4.78, 5) is 26.3. The number of nitrogens with one attached hydrogen (secondary N) is 1. The van der Waals surface area contributed by atoms with Crippen molar-refractivity contribution in [1.29, 1.82) is 0 Å². The van der Waals surface area contributed by atoms with Crippen LogP contribution in [0.5, 0.6) is 0 Å². The van der Waals surface area contributed by atoms with E-state index < -0.39 is 11.7 Å². The molecule has 4 rings (SSSR count). The van der Waals surface area contributed by atoms with E-state index in [0.29, 0.717) is 30.3 Å². The second-order valence-corrected chi connectivity index (χ2v) is 11.6. The molecule has 196 valence electrons. The molecule has 0 heterocycles. The van der Waals surface area contributed by atoms with Gasteiger partial charge in [0.2, 0.25) is 0 Å². The van der Waals surface area contributed by atoms with Crippen molar-refractivity contribution in [2.24, 2.45) is 11.8 Å². The van der Waals surface area contributed by atoms with Crippen LogP contribution in [-0.4, -0.2) is 29.8 Å². The monoisotopic (exact) mass is 501 g/mol. The summed E-state index contributed by atoms with van der Waals surface area (Å²) in [6.45, 7) is 14.0. The van der Waals surface area contributed by atoms with Gasteiger partial charge in [0.05, 0.1) is 11.6 Å². The van der Waals surface area contributed by atoms with Crippen molar-refractivity contribution in [2.75, 3.05) is 0 Å². The number of ether oxygens (including phenoxy) is 2. The third kappa shape index (κ3) is 6.71. The molecule has 2 aliphatic rings. The number of fused-ring (bicyclic) bond motifs is 1. The Kier molecular flexibility index (Phi) is 7.91. The minimum absolute atomic E-state index is 0.199. The summed E-state index contributed by atoms with van der Waals surface area (Å²) in [7, 11) is 0. The Labute approximate surface area is 220 Å². The number of hydrogen-bond donors (Lipinski definition) is 1. The molecule has 1 saturated carbocycles. The maximum atomic E-state index is 13.7. The maximum Gasteiger partial charge on any atom is 0.408 e. The van der Waals surface area contributed by atoms with Crippen LogP contribution in [0.2, 0.25) is 0 Å². The van der Waals surface area contributed by atoms with Gasteiger partial charge in [0.1, 0.15) is 11.7 Å². The standard InChI is InChI=1S/C32H39NO4/c1-20(2)26-15-12-21(3)16-29(26)36-30(34)28-19-25(33-31(35)37-32(4,5)6)17-24-14-13-23(18-27(24)28)22-10-8-7-9-11-22/h7-11,13-14,18-20,25-26,29H,3,12,15-17H2,1-2,4-6H3,(H,33,35)/t25-,26-,29+/m0/s1. The molecule has 2 aliphatic carbocycles. The second kappa shape index (κ2) is 11.0. The van der Waals surface area contributed by atoms with E-state index in [1.807, 2.05) is 51.1 Å². The van der Waals surface area contributed by atoms with Crippen LogP contribution >= 0.6 is 0 Å². The van der Waals surface area contributed by atoms with Crippen LogP contribution in [0.3, 0.4) is 0 Å². The lowest BCUT2D eigenvalue weighted by atomic mass is 9.77. The minimum atomic E-state index is -0.609. The zero-order chi connectivity index (χ0) is 26.7. The predicted molar refractivity (Wildman–Crippen MR) is 148 cm³/mol. The summed E-state index contributed by atoms with van der Waals surface area (Å²) in [6, 6.07) is 15.9. The third-order valence-corrected chi connectivity index (χ3v) is 7.15. The molecular formula is C32H39NO4. The molecule has 0 saturated heterocycles. The average Bonchev–Trinajstić information content (AvgIpc) is 2.82. The molecular weight excluding hydrogens is 462 g/mol. The first-order valence-corrected chi connectivity index (χ1v) is 13.3. The molecule has 3 atom stereocenters. The number of carbonyl (C=O) groups excluding carboxylic acids is 2. The van der Waals surface area contributed by atoms with Crippen LogP contribution in [0.25, 0.3) is 16.7 Å². The van der Waals surface area contributed by atoms with Gasteiger partial charge in [-0.05, 0) is 86.3 Å². The third-order valence-electron chi connectivity index (χ3n) is 7.15. The van der Waals surface area contributed by atoms with E-state index in [9.17, 15) is 9.59 Å². The number of hydrogen-bond acceptors (Lipinski definition) is 4. The van der Waals surface area contributed by atoms with Crippen LogP contribution in [0.4, 0.5) is 4.79 Å². The van der Waals surface area contributed by atoms with Crippen LogP contribution in [0.1, 0.15) is 65.0 Å². The van der Waals surface area contributed by atoms with E-state index >= 15 is 0 Å². The fourth-order valence-corrected chi connectivity index (χ4v) is 5.32. The molecule has 0 spiro atoms. The lowest BCUT2D eigenvalue weighted by Gasteiger charge is -2.35. The fourth-order valence-electron chi connectivity index (χ4n) is 5.32. The van der Waals surface area contributed by atoms with Crippen molar-refractivity contribution >= 4 is 17.6 Å². The number of carbonyl (C=O) groups is 2. The summed E-state index contributed by atoms with van der Waals surface area (Å²) >= 11 is 0. The molecule has 0 unspecified atom stereocenters. The number of rotatable bonds is 5. The Morgan fingerprint density at radius 3 is 2.43 bits per heavy atom. The topological polar surface area (TPSA) is 64.6 Å². The highest BCUT2D eigenvalue weighted by molar-refractivity contribution is 6.18. The van der Waals surface area contributed by atoms with Crippen molar-refractivity contribution in [3.63, 3.8) is 0 Å². The van der Waals surface area contributed by atoms with E-state index in [2.05, 4.69) is 50.0 Å². The molecule has 37 heavy (non-hydrogen) atoms. The highest BCUT2D eigenvalue weighted by atomic mass is 16.6. The quantitative estimate of drug-likeness (QED) is 0.350. The van der Waals surface area contributed by atoms with Gasteiger partial charge in [-0.15, -0.1) is 0 Å². The van der Waals surface area contributed by atoms with Crippen molar-refractivity contribution in [2.45, 2.75) is 78.0 Å². The molecule has 0 radical (unpaired) electrons. The van der Waals surface area contributed by atoms with E-state index in [4.69, 9.17) is 9.47 Å². The summed E-state index contributed by atoms with van der Waals surface area (Å²) < 4.78 is 11.7. The average molecular weight is 502 g/mol. The van der Waals surface area contributed by atoms with Gasteiger partial charge < -0.3 is 14.8 Å². The molecule has 0 aliphatic heterocycles. The van der Waals surface area contributed by atoms with E-state index in [0.717, 1.165) is 40.7 Å². The molecule has 0 bridgehead atoms. The van der Waals surface area contributed by atoms with Crippen molar-refractivity contribution in [3.05, 3.63) is 77.9 Å². The molecule has 1 N–H and O–H groups in total. The molecule has 0 aromatic heterocycles. The Balaban J connectivity index is 1.66. The van der Waals surface area contributed by atoms with Gasteiger partial charge in [-0.1, -0.05) is 68.5 Å². The molecule has 2 aromatic carbocycles. The zero-order valence-corrected chi connectivity index (χ0v) is 22.7. The van der Waals surface area contributed by atoms with Crippen molar-refractivity contribution in [3.8, 4) is 11.1 Å². The largest absolute Gasteiger partial charge is 0.458 e. The van der Waals surface area contributed by atoms with Gasteiger partial charge in [0.15, 0.2) is 0 Å². The first-order valence-electron chi connectivity index (χ1n) is 13.3. The number of alkyl carbamates (subject to hydrolysis) is 1. The number of benzene rings is 2. The molecule has 5 heteroatoms. The van der Waals surface area contributed by atoms with Crippen LogP contribution < -0.4 is 5.32 Å². The first-order chi connectivity index (χ1) is 17.5. The van der Waals surface area contributed by atoms with Crippen LogP contribution in [-0.2, 0) is 20.7 Å². The van der Waals surface area contributed by atoms with Crippen LogP contribution in [0.15, 0.2) is 66.8 Å². The lowest BCUT2D eigenvalue weighted by molar-refractivity contribution is -0.146. The highest BCUT2D eigenvalue weighted by Gasteiger charge is 2.34. The predicted octanol–water partition coefficient (Wildman–Crippen LogP) is 7.11.